The fourth-order valence-electron chi connectivity index (χ4n) is 0.870. The highest BCUT2D eigenvalue weighted by atomic mass is 16.6. The smallest absolute Gasteiger partial charge is 0.303 e. The van der Waals surface area contributed by atoms with Crippen LogP contribution in [0.1, 0.15) is 34.6 Å². The summed E-state index contributed by atoms with van der Waals surface area (Å²) < 4.78 is 4.96. The SMILES string of the molecule is CC(=O)OC(C)(C)C=CC(C)(C)[N+](=O)[O-]. The van der Waals surface area contributed by atoms with E-state index >= 15 is 0 Å². The van der Waals surface area contributed by atoms with Gasteiger partial charge in [-0.15, -0.1) is 0 Å². The Morgan fingerprint density at radius 2 is 1.73 bits per heavy atom. The molecule has 0 spiro atoms. The van der Waals surface area contributed by atoms with Crippen LogP contribution in [0.25, 0.3) is 0 Å². The standard InChI is InChI=1S/C10H17NO4/c1-8(12)15-10(4,5)7-6-9(2,3)11(13)14/h6-7H,1-5H3. The van der Waals surface area contributed by atoms with Crippen molar-refractivity contribution in [3.05, 3.63) is 22.3 Å². The minimum absolute atomic E-state index is 0.395. The second-order valence-electron chi connectivity index (χ2n) is 4.44. The van der Waals surface area contributed by atoms with E-state index in [4.69, 9.17) is 4.74 Å². The van der Waals surface area contributed by atoms with Gasteiger partial charge in [-0.3, -0.25) is 14.9 Å². The Bertz CT molecular complexity index is 292. The molecule has 5 nitrogen and oxygen atoms in total. The molecule has 0 atom stereocenters. The summed E-state index contributed by atoms with van der Waals surface area (Å²) in [6.07, 6.45) is 2.95. The van der Waals surface area contributed by atoms with Crippen molar-refractivity contribution >= 4 is 5.97 Å². The zero-order valence-corrected chi connectivity index (χ0v) is 9.73. The third-order valence-corrected chi connectivity index (χ3v) is 1.77. The second kappa shape index (κ2) is 4.42. The monoisotopic (exact) mass is 215 g/mol. The highest BCUT2D eigenvalue weighted by Crippen LogP contribution is 2.16. The molecule has 86 valence electrons. The Morgan fingerprint density at radius 3 is 2.07 bits per heavy atom. The molecular weight excluding hydrogens is 198 g/mol. The van der Waals surface area contributed by atoms with E-state index in [2.05, 4.69) is 0 Å². The lowest BCUT2D eigenvalue weighted by atomic mass is 10.0. The van der Waals surface area contributed by atoms with Gasteiger partial charge in [-0.2, -0.15) is 0 Å². The van der Waals surface area contributed by atoms with E-state index in [1.165, 1.54) is 32.9 Å². The molecule has 0 radical (unpaired) electrons. The first-order valence-corrected chi connectivity index (χ1v) is 4.61. The summed E-state index contributed by atoms with van der Waals surface area (Å²) in [4.78, 5) is 20.9. The summed E-state index contributed by atoms with van der Waals surface area (Å²) in [6, 6.07) is 0. The molecule has 0 aromatic heterocycles. The average Bonchev–Trinajstić information content (AvgIpc) is 1.98. The molecule has 0 rings (SSSR count). The minimum atomic E-state index is -1.16. The Kier molecular flexibility index (Phi) is 4.01. The van der Waals surface area contributed by atoms with Crippen LogP contribution in [-0.2, 0) is 9.53 Å². The molecule has 0 aromatic carbocycles. The molecule has 0 saturated heterocycles. The number of ether oxygens (including phenoxy) is 1. The third-order valence-electron chi connectivity index (χ3n) is 1.77. The largest absolute Gasteiger partial charge is 0.456 e. The van der Waals surface area contributed by atoms with E-state index in [1.54, 1.807) is 13.8 Å². The maximum absolute atomic E-state index is 10.7. The highest BCUT2D eigenvalue weighted by molar-refractivity contribution is 5.66. The van der Waals surface area contributed by atoms with Gasteiger partial charge in [-0.25, -0.2) is 0 Å². The van der Waals surface area contributed by atoms with Crippen LogP contribution in [0.3, 0.4) is 0 Å². The van der Waals surface area contributed by atoms with E-state index in [0.29, 0.717) is 0 Å². The minimum Gasteiger partial charge on any atom is -0.456 e. The first-order chi connectivity index (χ1) is 6.57. The van der Waals surface area contributed by atoms with E-state index in [1.807, 2.05) is 0 Å². The number of carbonyl (C=O) groups excluding carboxylic acids is 1. The Morgan fingerprint density at radius 1 is 1.27 bits per heavy atom. The van der Waals surface area contributed by atoms with Gasteiger partial charge < -0.3 is 4.74 Å². The topological polar surface area (TPSA) is 69.4 Å². The van der Waals surface area contributed by atoms with Gasteiger partial charge in [0, 0.05) is 25.7 Å². The van der Waals surface area contributed by atoms with Crippen LogP contribution in [0.5, 0.6) is 0 Å². The Balaban J connectivity index is 4.64. The van der Waals surface area contributed by atoms with Crippen LogP contribution in [0.4, 0.5) is 0 Å². The lowest BCUT2D eigenvalue weighted by molar-refractivity contribution is -0.545. The van der Waals surface area contributed by atoms with Gasteiger partial charge in [0.2, 0.25) is 5.54 Å². The van der Waals surface area contributed by atoms with E-state index < -0.39 is 22.0 Å². The molecule has 0 fully saturated rings. The molecule has 0 heterocycles. The maximum Gasteiger partial charge on any atom is 0.303 e. The van der Waals surface area contributed by atoms with Crippen molar-refractivity contribution in [1.29, 1.82) is 0 Å². The molecule has 0 bridgehead atoms. The molecule has 0 amide bonds. The van der Waals surface area contributed by atoms with Gasteiger partial charge in [0.1, 0.15) is 5.60 Å². The molecule has 0 aliphatic heterocycles. The highest BCUT2D eigenvalue weighted by Gasteiger charge is 2.28. The molecule has 0 aliphatic carbocycles. The molecule has 0 unspecified atom stereocenters. The number of nitrogens with zero attached hydrogens (tertiary/aromatic N) is 1. The maximum atomic E-state index is 10.7. The van der Waals surface area contributed by atoms with Crippen molar-refractivity contribution in [3.63, 3.8) is 0 Å². The van der Waals surface area contributed by atoms with E-state index in [-0.39, 0.29) is 0 Å². The molecule has 5 heteroatoms. The number of nitro groups is 1. The van der Waals surface area contributed by atoms with E-state index in [0.717, 1.165) is 0 Å². The lowest BCUT2D eigenvalue weighted by Gasteiger charge is -2.21. The van der Waals surface area contributed by atoms with Crippen molar-refractivity contribution in [1.82, 2.24) is 0 Å². The van der Waals surface area contributed by atoms with Gasteiger partial charge in [-0.1, -0.05) is 0 Å². The van der Waals surface area contributed by atoms with Crippen molar-refractivity contribution in [3.8, 4) is 0 Å². The first kappa shape index (κ1) is 13.6. The van der Waals surface area contributed by atoms with Crippen LogP contribution in [-0.4, -0.2) is 22.0 Å². The second-order valence-corrected chi connectivity index (χ2v) is 4.44. The molecule has 0 N–H and O–H groups in total. The summed E-state index contributed by atoms with van der Waals surface area (Å²) in [6.45, 7) is 7.59. The number of rotatable bonds is 4. The van der Waals surface area contributed by atoms with Crippen molar-refractivity contribution in [2.75, 3.05) is 0 Å². The van der Waals surface area contributed by atoms with E-state index in [9.17, 15) is 14.9 Å². The summed E-state index contributed by atoms with van der Waals surface area (Å²) in [5.41, 5.74) is -1.98. The van der Waals surface area contributed by atoms with Crippen LogP contribution in [0, 0.1) is 10.1 Å². The van der Waals surface area contributed by atoms with Crippen LogP contribution in [0.15, 0.2) is 12.2 Å². The normalized spacial score (nSPS) is 12.9. The number of hydrogen-bond donors (Lipinski definition) is 0. The first-order valence-electron chi connectivity index (χ1n) is 4.61. The summed E-state index contributed by atoms with van der Waals surface area (Å²) in [5.74, 6) is -0.413. The summed E-state index contributed by atoms with van der Waals surface area (Å²) >= 11 is 0. The van der Waals surface area contributed by atoms with Gasteiger partial charge >= 0.3 is 5.97 Å². The van der Waals surface area contributed by atoms with Gasteiger partial charge in [-0.05, 0) is 26.0 Å². The average molecular weight is 215 g/mol. The molecule has 0 saturated carbocycles. The fraction of sp³-hybridized carbons (Fsp3) is 0.700. The predicted molar refractivity (Wildman–Crippen MR) is 56.1 cm³/mol. The molecule has 0 aromatic rings. The number of esters is 1. The fourth-order valence-corrected chi connectivity index (χ4v) is 0.870. The molecular formula is C10H17NO4. The Labute approximate surface area is 89.3 Å². The van der Waals surface area contributed by atoms with Crippen molar-refractivity contribution in [2.45, 2.75) is 45.8 Å². The van der Waals surface area contributed by atoms with Crippen molar-refractivity contribution < 1.29 is 14.5 Å². The molecule has 15 heavy (non-hydrogen) atoms. The zero-order chi connectivity index (χ0) is 12.3. The zero-order valence-electron chi connectivity index (χ0n) is 9.73. The molecule has 0 aliphatic rings. The van der Waals surface area contributed by atoms with Crippen LogP contribution >= 0.6 is 0 Å². The summed E-state index contributed by atoms with van der Waals surface area (Å²) in [7, 11) is 0. The Hall–Kier alpha value is -1.39. The summed E-state index contributed by atoms with van der Waals surface area (Å²) in [5, 5.41) is 10.6. The number of hydrogen-bond acceptors (Lipinski definition) is 4. The third kappa shape index (κ3) is 5.15. The van der Waals surface area contributed by atoms with Gasteiger partial charge in [0.05, 0.1) is 0 Å². The van der Waals surface area contributed by atoms with Gasteiger partial charge in [0.15, 0.2) is 0 Å². The lowest BCUT2D eigenvalue weighted by Crippen LogP contribution is -2.31. The quantitative estimate of drug-likeness (QED) is 0.311. The van der Waals surface area contributed by atoms with Gasteiger partial charge in [0.25, 0.3) is 0 Å². The van der Waals surface area contributed by atoms with Crippen LogP contribution in [0.2, 0.25) is 0 Å². The van der Waals surface area contributed by atoms with Crippen molar-refractivity contribution in [2.24, 2.45) is 0 Å². The van der Waals surface area contributed by atoms with Crippen LogP contribution < -0.4 is 0 Å². The number of carbonyl (C=O) groups is 1. The predicted octanol–water partition coefficient (Wildman–Crippen LogP) is 1.94.